The van der Waals surface area contributed by atoms with Gasteiger partial charge in [-0.2, -0.15) is 0 Å². The van der Waals surface area contributed by atoms with E-state index in [4.69, 9.17) is 17.3 Å². The van der Waals surface area contributed by atoms with Crippen LogP contribution in [0, 0.1) is 0 Å². The first-order valence-corrected chi connectivity index (χ1v) is 6.26. The summed E-state index contributed by atoms with van der Waals surface area (Å²) in [6, 6.07) is 5.26. The SMILES string of the molecule is CCCCCCC(O)c1ccc(Cl)cc1N. The van der Waals surface area contributed by atoms with Crippen molar-refractivity contribution in [2.24, 2.45) is 0 Å². The number of hydrogen-bond acceptors (Lipinski definition) is 2. The summed E-state index contributed by atoms with van der Waals surface area (Å²) >= 11 is 5.81. The highest BCUT2D eigenvalue weighted by molar-refractivity contribution is 6.30. The van der Waals surface area contributed by atoms with Crippen molar-refractivity contribution in [3.05, 3.63) is 28.8 Å². The van der Waals surface area contributed by atoms with Gasteiger partial charge in [0.25, 0.3) is 0 Å². The largest absolute Gasteiger partial charge is 0.398 e. The van der Waals surface area contributed by atoms with Crippen LogP contribution in [0.15, 0.2) is 18.2 Å². The molecule has 0 bridgehead atoms. The van der Waals surface area contributed by atoms with Gasteiger partial charge in [0.1, 0.15) is 0 Å². The minimum atomic E-state index is -0.464. The van der Waals surface area contributed by atoms with E-state index in [0.29, 0.717) is 10.7 Å². The Morgan fingerprint density at radius 2 is 2.06 bits per heavy atom. The third-order valence-electron chi connectivity index (χ3n) is 2.74. The van der Waals surface area contributed by atoms with E-state index in [1.807, 2.05) is 6.07 Å². The molecule has 0 aliphatic rings. The van der Waals surface area contributed by atoms with Gasteiger partial charge in [0, 0.05) is 16.3 Å². The van der Waals surface area contributed by atoms with Gasteiger partial charge in [-0.15, -0.1) is 0 Å². The molecule has 1 atom stereocenters. The average molecular weight is 242 g/mol. The van der Waals surface area contributed by atoms with Gasteiger partial charge in [0.2, 0.25) is 0 Å². The molecule has 1 unspecified atom stereocenters. The van der Waals surface area contributed by atoms with Gasteiger partial charge in [-0.3, -0.25) is 0 Å². The second kappa shape index (κ2) is 6.77. The van der Waals surface area contributed by atoms with Crippen LogP contribution in [0.1, 0.15) is 50.7 Å². The van der Waals surface area contributed by atoms with Crippen LogP contribution in [0.5, 0.6) is 0 Å². The Morgan fingerprint density at radius 3 is 2.69 bits per heavy atom. The van der Waals surface area contributed by atoms with Crippen LogP contribution in [0.25, 0.3) is 0 Å². The van der Waals surface area contributed by atoms with Gasteiger partial charge < -0.3 is 10.8 Å². The molecule has 0 aromatic heterocycles. The molecule has 3 heteroatoms. The molecule has 0 spiro atoms. The molecule has 1 rings (SSSR count). The van der Waals surface area contributed by atoms with Gasteiger partial charge in [-0.25, -0.2) is 0 Å². The Bertz CT molecular complexity index is 328. The molecule has 2 nitrogen and oxygen atoms in total. The lowest BCUT2D eigenvalue weighted by Gasteiger charge is -2.13. The Kier molecular flexibility index (Phi) is 5.64. The Balaban J connectivity index is 2.49. The monoisotopic (exact) mass is 241 g/mol. The third-order valence-corrected chi connectivity index (χ3v) is 2.97. The van der Waals surface area contributed by atoms with E-state index in [-0.39, 0.29) is 0 Å². The molecule has 90 valence electrons. The van der Waals surface area contributed by atoms with Gasteiger partial charge >= 0.3 is 0 Å². The summed E-state index contributed by atoms with van der Waals surface area (Å²) in [4.78, 5) is 0. The normalized spacial score (nSPS) is 12.7. The Labute approximate surface area is 102 Å². The molecule has 16 heavy (non-hydrogen) atoms. The van der Waals surface area contributed by atoms with E-state index >= 15 is 0 Å². The van der Waals surface area contributed by atoms with Crippen molar-refractivity contribution in [1.82, 2.24) is 0 Å². The topological polar surface area (TPSA) is 46.2 Å². The van der Waals surface area contributed by atoms with Crippen LogP contribution in [0.4, 0.5) is 5.69 Å². The fraction of sp³-hybridized carbons (Fsp3) is 0.538. The first kappa shape index (κ1) is 13.3. The second-order valence-corrected chi connectivity index (χ2v) is 4.57. The van der Waals surface area contributed by atoms with Crippen molar-refractivity contribution in [2.45, 2.75) is 45.1 Å². The lowest BCUT2D eigenvalue weighted by atomic mass is 10.0. The summed E-state index contributed by atoms with van der Waals surface area (Å²) in [7, 11) is 0. The maximum absolute atomic E-state index is 9.97. The van der Waals surface area contributed by atoms with Crippen LogP contribution < -0.4 is 5.73 Å². The molecule has 1 aromatic carbocycles. The summed E-state index contributed by atoms with van der Waals surface area (Å²) in [5, 5.41) is 10.6. The molecule has 1 aromatic rings. The van der Waals surface area contributed by atoms with Crippen LogP contribution in [-0.4, -0.2) is 5.11 Å². The number of hydrogen-bond donors (Lipinski definition) is 2. The fourth-order valence-corrected chi connectivity index (χ4v) is 1.95. The van der Waals surface area contributed by atoms with Crippen molar-refractivity contribution in [3.63, 3.8) is 0 Å². The second-order valence-electron chi connectivity index (χ2n) is 4.14. The summed E-state index contributed by atoms with van der Waals surface area (Å²) in [5.74, 6) is 0. The van der Waals surface area contributed by atoms with Crippen molar-refractivity contribution < 1.29 is 5.11 Å². The highest BCUT2D eigenvalue weighted by atomic mass is 35.5. The van der Waals surface area contributed by atoms with Crippen molar-refractivity contribution in [2.75, 3.05) is 5.73 Å². The molecule has 0 fully saturated rings. The first-order chi connectivity index (χ1) is 7.65. The Morgan fingerprint density at radius 1 is 1.31 bits per heavy atom. The van der Waals surface area contributed by atoms with E-state index in [0.717, 1.165) is 18.4 Å². The molecular weight excluding hydrogens is 222 g/mol. The molecule has 0 heterocycles. The summed E-state index contributed by atoms with van der Waals surface area (Å²) in [6.45, 7) is 2.17. The number of aliphatic hydroxyl groups is 1. The quantitative estimate of drug-likeness (QED) is 0.586. The lowest BCUT2D eigenvalue weighted by Crippen LogP contribution is -2.02. The molecular formula is C13H20ClNO. The number of nitrogen functional groups attached to an aromatic ring is 1. The van der Waals surface area contributed by atoms with E-state index in [9.17, 15) is 5.11 Å². The van der Waals surface area contributed by atoms with E-state index in [1.54, 1.807) is 12.1 Å². The zero-order valence-electron chi connectivity index (χ0n) is 9.75. The van der Waals surface area contributed by atoms with Crippen LogP contribution >= 0.6 is 11.6 Å². The predicted molar refractivity (Wildman–Crippen MR) is 69.6 cm³/mol. The Hall–Kier alpha value is -0.730. The van der Waals surface area contributed by atoms with Gasteiger partial charge in [-0.05, 0) is 18.6 Å². The number of benzene rings is 1. The van der Waals surface area contributed by atoms with Gasteiger partial charge in [0.05, 0.1) is 6.10 Å². The zero-order chi connectivity index (χ0) is 12.0. The molecule has 0 amide bonds. The smallest absolute Gasteiger partial charge is 0.0809 e. The molecule has 0 saturated carbocycles. The standard InChI is InChI=1S/C13H20ClNO/c1-2-3-4-5-6-13(16)11-8-7-10(14)9-12(11)15/h7-9,13,16H,2-6,15H2,1H3. The highest BCUT2D eigenvalue weighted by Gasteiger charge is 2.10. The van der Waals surface area contributed by atoms with Gasteiger partial charge in [0.15, 0.2) is 0 Å². The molecule has 0 aliphatic heterocycles. The zero-order valence-corrected chi connectivity index (χ0v) is 10.5. The van der Waals surface area contributed by atoms with Crippen LogP contribution in [-0.2, 0) is 0 Å². The van der Waals surface area contributed by atoms with Crippen LogP contribution in [0.3, 0.4) is 0 Å². The minimum Gasteiger partial charge on any atom is -0.398 e. The number of unbranched alkanes of at least 4 members (excludes halogenated alkanes) is 3. The maximum Gasteiger partial charge on any atom is 0.0809 e. The molecule has 0 saturated heterocycles. The number of halogens is 1. The van der Waals surface area contributed by atoms with E-state index in [2.05, 4.69) is 6.92 Å². The highest BCUT2D eigenvalue weighted by Crippen LogP contribution is 2.27. The van der Waals surface area contributed by atoms with E-state index < -0.39 is 6.10 Å². The maximum atomic E-state index is 9.97. The first-order valence-electron chi connectivity index (χ1n) is 5.88. The van der Waals surface area contributed by atoms with Crippen molar-refractivity contribution in [3.8, 4) is 0 Å². The summed E-state index contributed by atoms with van der Waals surface area (Å²) in [5.41, 5.74) is 7.18. The number of rotatable bonds is 6. The average Bonchev–Trinajstić information content (AvgIpc) is 2.24. The fourth-order valence-electron chi connectivity index (χ4n) is 1.77. The minimum absolute atomic E-state index is 0.464. The number of anilines is 1. The van der Waals surface area contributed by atoms with Crippen molar-refractivity contribution in [1.29, 1.82) is 0 Å². The third kappa shape index (κ3) is 4.03. The van der Waals surface area contributed by atoms with Gasteiger partial charge in [-0.1, -0.05) is 50.3 Å². The van der Waals surface area contributed by atoms with Crippen LogP contribution in [0.2, 0.25) is 5.02 Å². The number of nitrogens with two attached hydrogens (primary N) is 1. The summed E-state index contributed by atoms with van der Waals surface area (Å²) < 4.78 is 0. The number of aliphatic hydroxyl groups excluding tert-OH is 1. The molecule has 0 radical (unpaired) electrons. The van der Waals surface area contributed by atoms with Crippen molar-refractivity contribution >= 4 is 17.3 Å². The lowest BCUT2D eigenvalue weighted by molar-refractivity contribution is 0.164. The summed E-state index contributed by atoms with van der Waals surface area (Å²) in [6.07, 6.45) is 4.94. The molecule has 3 N–H and O–H groups in total. The van der Waals surface area contributed by atoms with E-state index in [1.165, 1.54) is 19.3 Å². The predicted octanol–water partition coefficient (Wildman–Crippen LogP) is 3.93. The molecule has 0 aliphatic carbocycles.